The summed E-state index contributed by atoms with van der Waals surface area (Å²) >= 11 is 0. The highest BCUT2D eigenvalue weighted by molar-refractivity contribution is 5.67. The first-order chi connectivity index (χ1) is 7.13. The topological polar surface area (TPSA) is 79.5 Å². The fourth-order valence-corrected chi connectivity index (χ4v) is 1.77. The van der Waals surface area contributed by atoms with Gasteiger partial charge in [0.15, 0.2) is 0 Å². The molecule has 0 atom stereocenters. The van der Waals surface area contributed by atoms with E-state index in [2.05, 4.69) is 15.1 Å². The summed E-state index contributed by atoms with van der Waals surface area (Å²) in [7, 11) is 0. The van der Waals surface area contributed by atoms with Crippen molar-refractivity contribution in [1.29, 1.82) is 0 Å². The van der Waals surface area contributed by atoms with Crippen molar-refractivity contribution in [2.24, 2.45) is 5.92 Å². The van der Waals surface area contributed by atoms with E-state index in [1.54, 1.807) is 6.92 Å². The van der Waals surface area contributed by atoms with Gasteiger partial charge in [-0.3, -0.25) is 9.69 Å². The minimum absolute atomic E-state index is 0.249. The van der Waals surface area contributed by atoms with Gasteiger partial charge in [0.25, 0.3) is 0 Å². The van der Waals surface area contributed by atoms with Crippen LogP contribution in [0.5, 0.6) is 0 Å². The molecular formula is C9H13N3O3. The van der Waals surface area contributed by atoms with Crippen LogP contribution in [-0.2, 0) is 11.3 Å². The molecule has 1 aliphatic heterocycles. The molecule has 0 aliphatic carbocycles. The van der Waals surface area contributed by atoms with Crippen molar-refractivity contribution in [1.82, 2.24) is 15.1 Å². The van der Waals surface area contributed by atoms with E-state index in [1.165, 1.54) is 0 Å². The Morgan fingerprint density at radius 2 is 2.33 bits per heavy atom. The molecule has 0 aromatic carbocycles. The summed E-state index contributed by atoms with van der Waals surface area (Å²) < 4.78 is 5.23. The van der Waals surface area contributed by atoms with Gasteiger partial charge >= 0.3 is 5.97 Å². The van der Waals surface area contributed by atoms with Crippen LogP contribution < -0.4 is 0 Å². The monoisotopic (exact) mass is 211 g/mol. The van der Waals surface area contributed by atoms with Crippen LogP contribution in [-0.4, -0.2) is 39.3 Å². The molecule has 82 valence electrons. The third-order valence-corrected chi connectivity index (χ3v) is 2.42. The maximum absolute atomic E-state index is 10.4. The highest BCUT2D eigenvalue weighted by Crippen LogP contribution is 2.20. The number of nitrogens with zero attached hydrogens (tertiary/aromatic N) is 3. The maximum Gasteiger partial charge on any atom is 0.303 e. The fraction of sp³-hybridized carbons (Fsp3) is 0.667. The molecule has 1 saturated heterocycles. The third kappa shape index (κ3) is 2.53. The molecule has 15 heavy (non-hydrogen) atoms. The van der Waals surface area contributed by atoms with Crippen LogP contribution in [0.1, 0.15) is 18.2 Å². The summed E-state index contributed by atoms with van der Waals surface area (Å²) in [4.78, 5) is 12.5. The minimum atomic E-state index is -0.728. The summed E-state index contributed by atoms with van der Waals surface area (Å²) in [6.45, 7) is 3.97. The van der Waals surface area contributed by atoms with E-state index in [4.69, 9.17) is 9.52 Å². The van der Waals surface area contributed by atoms with Gasteiger partial charge in [0, 0.05) is 20.0 Å². The first-order valence-electron chi connectivity index (χ1n) is 4.86. The molecule has 1 N–H and O–H groups in total. The van der Waals surface area contributed by atoms with Gasteiger partial charge in [0.05, 0.1) is 13.0 Å². The number of hydrogen-bond acceptors (Lipinski definition) is 5. The SMILES string of the molecule is Cc1nnc(CN2CC(CC(=O)O)C2)o1. The quantitative estimate of drug-likeness (QED) is 0.770. The standard InChI is InChI=1S/C9H13N3O3/c1-6-10-11-8(15-6)5-12-3-7(4-12)2-9(13)14/h7H,2-5H2,1H3,(H,13,14). The average molecular weight is 211 g/mol. The molecule has 0 amide bonds. The van der Waals surface area contributed by atoms with E-state index >= 15 is 0 Å². The summed E-state index contributed by atoms with van der Waals surface area (Å²) in [5.41, 5.74) is 0. The van der Waals surface area contributed by atoms with Crippen molar-refractivity contribution in [3.8, 4) is 0 Å². The van der Waals surface area contributed by atoms with Gasteiger partial charge < -0.3 is 9.52 Å². The maximum atomic E-state index is 10.4. The Labute approximate surface area is 86.9 Å². The number of aliphatic carboxylic acids is 1. The molecule has 0 saturated carbocycles. The van der Waals surface area contributed by atoms with Crippen LogP contribution in [0, 0.1) is 12.8 Å². The molecule has 0 spiro atoms. The zero-order valence-corrected chi connectivity index (χ0v) is 8.51. The Balaban J connectivity index is 1.74. The number of hydrogen-bond donors (Lipinski definition) is 1. The normalized spacial score (nSPS) is 17.7. The van der Waals surface area contributed by atoms with Crippen molar-refractivity contribution in [2.75, 3.05) is 13.1 Å². The lowest BCUT2D eigenvalue weighted by Crippen LogP contribution is -2.46. The zero-order valence-electron chi connectivity index (χ0n) is 8.51. The Hall–Kier alpha value is -1.43. The predicted octanol–water partition coefficient (Wildman–Crippen LogP) is 0.285. The number of rotatable bonds is 4. The molecule has 1 aliphatic rings. The van der Waals surface area contributed by atoms with Gasteiger partial charge in [-0.2, -0.15) is 0 Å². The van der Waals surface area contributed by atoms with E-state index in [1.807, 2.05) is 0 Å². The van der Waals surface area contributed by atoms with E-state index in [0.29, 0.717) is 18.3 Å². The van der Waals surface area contributed by atoms with Gasteiger partial charge in [-0.1, -0.05) is 0 Å². The number of carboxylic acid groups (broad SMARTS) is 1. The summed E-state index contributed by atoms with van der Waals surface area (Å²) in [5, 5.41) is 16.2. The summed E-state index contributed by atoms with van der Waals surface area (Å²) in [5.74, 6) is 0.702. The fourth-order valence-electron chi connectivity index (χ4n) is 1.77. The Bertz CT molecular complexity index is 357. The van der Waals surface area contributed by atoms with Crippen LogP contribution in [0.2, 0.25) is 0 Å². The lowest BCUT2D eigenvalue weighted by Gasteiger charge is -2.37. The number of aromatic nitrogens is 2. The van der Waals surface area contributed by atoms with Crippen LogP contribution in [0.4, 0.5) is 0 Å². The van der Waals surface area contributed by atoms with Gasteiger partial charge in [0.2, 0.25) is 11.8 Å². The molecule has 2 rings (SSSR count). The van der Waals surface area contributed by atoms with Crippen LogP contribution in [0.25, 0.3) is 0 Å². The Morgan fingerprint density at radius 1 is 1.60 bits per heavy atom. The second-order valence-corrected chi connectivity index (χ2v) is 3.87. The van der Waals surface area contributed by atoms with Gasteiger partial charge in [0.1, 0.15) is 0 Å². The molecule has 6 heteroatoms. The van der Waals surface area contributed by atoms with Gasteiger partial charge in [-0.05, 0) is 5.92 Å². The predicted molar refractivity (Wildman–Crippen MR) is 50.1 cm³/mol. The molecule has 0 unspecified atom stereocenters. The highest BCUT2D eigenvalue weighted by Gasteiger charge is 2.29. The van der Waals surface area contributed by atoms with Crippen molar-refractivity contribution in [3.05, 3.63) is 11.8 Å². The van der Waals surface area contributed by atoms with E-state index < -0.39 is 5.97 Å². The number of likely N-dealkylation sites (tertiary alicyclic amines) is 1. The third-order valence-electron chi connectivity index (χ3n) is 2.42. The van der Waals surface area contributed by atoms with Gasteiger partial charge in [-0.25, -0.2) is 0 Å². The van der Waals surface area contributed by atoms with Crippen molar-refractivity contribution in [2.45, 2.75) is 19.9 Å². The minimum Gasteiger partial charge on any atom is -0.481 e. The van der Waals surface area contributed by atoms with E-state index in [9.17, 15) is 4.79 Å². The summed E-state index contributed by atoms with van der Waals surface area (Å²) in [6.07, 6.45) is 0.249. The molecule has 2 heterocycles. The molecular weight excluding hydrogens is 198 g/mol. The Kier molecular flexibility index (Phi) is 2.68. The lowest BCUT2D eigenvalue weighted by molar-refractivity contribution is -0.139. The number of carbonyl (C=O) groups is 1. The molecule has 1 aromatic heterocycles. The van der Waals surface area contributed by atoms with Crippen LogP contribution in [0.3, 0.4) is 0 Å². The van der Waals surface area contributed by atoms with E-state index in [0.717, 1.165) is 13.1 Å². The molecule has 1 aromatic rings. The number of carboxylic acids is 1. The first-order valence-corrected chi connectivity index (χ1v) is 4.86. The van der Waals surface area contributed by atoms with E-state index in [-0.39, 0.29) is 12.3 Å². The zero-order chi connectivity index (χ0) is 10.8. The first kappa shape index (κ1) is 10.1. The van der Waals surface area contributed by atoms with Gasteiger partial charge in [-0.15, -0.1) is 10.2 Å². The number of aryl methyl sites for hydroxylation is 1. The second kappa shape index (κ2) is 3.98. The molecule has 6 nitrogen and oxygen atoms in total. The molecule has 0 radical (unpaired) electrons. The summed E-state index contributed by atoms with van der Waals surface area (Å²) in [6, 6.07) is 0. The average Bonchev–Trinajstić information content (AvgIpc) is 2.47. The van der Waals surface area contributed by atoms with Crippen molar-refractivity contribution >= 4 is 5.97 Å². The lowest BCUT2D eigenvalue weighted by atomic mass is 9.97. The van der Waals surface area contributed by atoms with Crippen molar-refractivity contribution in [3.63, 3.8) is 0 Å². The second-order valence-electron chi connectivity index (χ2n) is 3.87. The Morgan fingerprint density at radius 3 is 2.87 bits per heavy atom. The van der Waals surface area contributed by atoms with Crippen LogP contribution in [0.15, 0.2) is 4.42 Å². The van der Waals surface area contributed by atoms with Crippen molar-refractivity contribution < 1.29 is 14.3 Å². The largest absolute Gasteiger partial charge is 0.481 e. The molecule has 0 bridgehead atoms. The van der Waals surface area contributed by atoms with Crippen LogP contribution >= 0.6 is 0 Å². The smallest absolute Gasteiger partial charge is 0.303 e. The highest BCUT2D eigenvalue weighted by atomic mass is 16.4. The molecule has 1 fully saturated rings.